The summed E-state index contributed by atoms with van der Waals surface area (Å²) in [5.74, 6) is 0. The predicted molar refractivity (Wildman–Crippen MR) is 44.3 cm³/mol. The third kappa shape index (κ3) is 2.05. The fourth-order valence-corrected chi connectivity index (χ4v) is 2.76. The lowest BCUT2D eigenvalue weighted by atomic mass is 10.1. The smallest absolute Gasteiger partial charge is 0.194 e. The van der Waals surface area contributed by atoms with Crippen LogP contribution in [0.3, 0.4) is 0 Å². The molecular formula is C7H15O3P. The molecule has 0 aromatic carbocycles. The molecule has 0 aromatic heterocycles. The molecule has 1 aliphatic rings. The Morgan fingerprint density at radius 3 is 2.73 bits per heavy atom. The molecule has 4 atom stereocenters. The van der Waals surface area contributed by atoms with Crippen molar-refractivity contribution in [1.82, 2.24) is 0 Å². The summed E-state index contributed by atoms with van der Waals surface area (Å²) in [4.78, 5) is 8.94. The highest BCUT2D eigenvalue weighted by Crippen LogP contribution is 2.38. The molecule has 0 aromatic rings. The summed E-state index contributed by atoms with van der Waals surface area (Å²) in [7, 11) is -2.38. The van der Waals surface area contributed by atoms with Crippen molar-refractivity contribution in [3.8, 4) is 0 Å². The fourth-order valence-electron chi connectivity index (χ4n) is 1.60. The summed E-state index contributed by atoms with van der Waals surface area (Å²) in [5, 5.41) is 0. The number of rotatable bonds is 2. The van der Waals surface area contributed by atoms with Crippen molar-refractivity contribution in [3.05, 3.63) is 0 Å². The van der Waals surface area contributed by atoms with Gasteiger partial charge in [-0.25, -0.2) is 0 Å². The second-order valence-electron chi connectivity index (χ2n) is 3.07. The van der Waals surface area contributed by atoms with Crippen LogP contribution in [0.25, 0.3) is 0 Å². The molecule has 0 amide bonds. The first kappa shape index (κ1) is 9.24. The second-order valence-corrected chi connectivity index (χ2v) is 4.49. The molecule has 1 saturated heterocycles. The number of ether oxygens (including phenoxy) is 1. The maximum absolute atomic E-state index is 10.8. The molecular weight excluding hydrogens is 163 g/mol. The molecule has 0 saturated carbocycles. The lowest BCUT2D eigenvalue weighted by molar-refractivity contribution is 0.0543. The Kier molecular flexibility index (Phi) is 3.11. The summed E-state index contributed by atoms with van der Waals surface area (Å²) in [5.41, 5.74) is -0.0972. The largest absolute Gasteiger partial charge is 0.374 e. The van der Waals surface area contributed by atoms with E-state index in [1.807, 2.05) is 13.8 Å². The molecule has 1 heterocycles. The molecule has 1 fully saturated rings. The zero-order chi connectivity index (χ0) is 8.43. The summed E-state index contributed by atoms with van der Waals surface area (Å²) >= 11 is 0. The first-order valence-electron chi connectivity index (χ1n) is 4.03. The molecule has 0 radical (unpaired) electrons. The minimum atomic E-state index is -2.38. The first-order valence-corrected chi connectivity index (χ1v) is 5.46. The maximum Gasteiger partial charge on any atom is 0.194 e. The van der Waals surface area contributed by atoms with E-state index >= 15 is 0 Å². The van der Waals surface area contributed by atoms with Crippen LogP contribution in [0.4, 0.5) is 0 Å². The molecule has 0 spiro atoms. The van der Waals surface area contributed by atoms with Crippen LogP contribution in [0.1, 0.15) is 26.7 Å². The third-order valence-electron chi connectivity index (χ3n) is 2.16. The van der Waals surface area contributed by atoms with Crippen LogP contribution in [-0.4, -0.2) is 22.8 Å². The highest BCUT2D eigenvalue weighted by atomic mass is 31.1. The van der Waals surface area contributed by atoms with E-state index in [0.717, 1.165) is 12.8 Å². The molecule has 11 heavy (non-hydrogen) atoms. The van der Waals surface area contributed by atoms with Gasteiger partial charge in [-0.05, 0) is 19.8 Å². The molecule has 66 valence electrons. The number of hydrogen-bond donors (Lipinski definition) is 1. The SMILES string of the molecule is CC[C@H]1O[C@@H](C)CC1[PH](=O)O. The standard InChI is InChI=1S/C7H15O3P/c1-3-6-7(11(8)9)4-5(2)10-6/h5-7,11H,3-4H2,1-2H3,(H,8,9)/t5-,6+,7?/m0/s1. The summed E-state index contributed by atoms with van der Waals surface area (Å²) in [6.07, 6.45) is 1.76. The quantitative estimate of drug-likeness (QED) is 0.650. The average molecular weight is 178 g/mol. The van der Waals surface area contributed by atoms with Crippen molar-refractivity contribution in [3.63, 3.8) is 0 Å². The van der Waals surface area contributed by atoms with Gasteiger partial charge in [0.2, 0.25) is 0 Å². The minimum Gasteiger partial charge on any atom is -0.374 e. The molecule has 4 heteroatoms. The van der Waals surface area contributed by atoms with Crippen molar-refractivity contribution in [2.75, 3.05) is 0 Å². The van der Waals surface area contributed by atoms with Crippen LogP contribution in [0.2, 0.25) is 0 Å². The van der Waals surface area contributed by atoms with Gasteiger partial charge in [-0.1, -0.05) is 6.92 Å². The molecule has 1 N–H and O–H groups in total. The van der Waals surface area contributed by atoms with Crippen LogP contribution in [-0.2, 0) is 9.30 Å². The summed E-state index contributed by atoms with van der Waals surface area (Å²) in [6, 6.07) is 0. The highest BCUT2D eigenvalue weighted by Gasteiger charge is 2.34. The summed E-state index contributed by atoms with van der Waals surface area (Å²) < 4.78 is 16.3. The van der Waals surface area contributed by atoms with Gasteiger partial charge in [0.25, 0.3) is 0 Å². The predicted octanol–water partition coefficient (Wildman–Crippen LogP) is 1.41. The molecule has 2 unspecified atom stereocenters. The van der Waals surface area contributed by atoms with Crippen LogP contribution in [0, 0.1) is 0 Å². The zero-order valence-electron chi connectivity index (χ0n) is 6.91. The monoisotopic (exact) mass is 178 g/mol. The Labute approximate surface area is 67.6 Å². The Bertz CT molecular complexity index is 160. The van der Waals surface area contributed by atoms with Gasteiger partial charge in [-0.15, -0.1) is 0 Å². The van der Waals surface area contributed by atoms with Crippen molar-refractivity contribution < 1.29 is 14.2 Å². The van der Waals surface area contributed by atoms with E-state index in [1.165, 1.54) is 0 Å². The third-order valence-corrected chi connectivity index (χ3v) is 3.40. The molecule has 0 bridgehead atoms. The van der Waals surface area contributed by atoms with E-state index in [2.05, 4.69) is 0 Å². The van der Waals surface area contributed by atoms with Crippen molar-refractivity contribution >= 4 is 8.03 Å². The topological polar surface area (TPSA) is 46.5 Å². The Balaban J connectivity index is 2.57. The van der Waals surface area contributed by atoms with E-state index in [-0.39, 0.29) is 17.9 Å². The van der Waals surface area contributed by atoms with Crippen LogP contribution in [0.5, 0.6) is 0 Å². The molecule has 0 aliphatic carbocycles. The lowest BCUT2D eigenvalue weighted by Crippen LogP contribution is -2.16. The van der Waals surface area contributed by atoms with Gasteiger partial charge in [0.1, 0.15) is 0 Å². The van der Waals surface area contributed by atoms with Crippen molar-refractivity contribution in [2.45, 2.75) is 44.6 Å². The zero-order valence-corrected chi connectivity index (χ0v) is 7.91. The van der Waals surface area contributed by atoms with Gasteiger partial charge in [-0.2, -0.15) is 0 Å². The molecule has 1 rings (SSSR count). The van der Waals surface area contributed by atoms with Crippen molar-refractivity contribution in [2.24, 2.45) is 0 Å². The average Bonchev–Trinajstić information content (AvgIpc) is 2.30. The van der Waals surface area contributed by atoms with E-state index in [9.17, 15) is 4.57 Å². The van der Waals surface area contributed by atoms with E-state index in [0.29, 0.717) is 0 Å². The normalized spacial score (nSPS) is 40.8. The molecule has 3 nitrogen and oxygen atoms in total. The van der Waals surface area contributed by atoms with Gasteiger partial charge >= 0.3 is 0 Å². The van der Waals surface area contributed by atoms with Gasteiger partial charge in [0, 0.05) is 0 Å². The van der Waals surface area contributed by atoms with Crippen molar-refractivity contribution in [1.29, 1.82) is 0 Å². The second kappa shape index (κ2) is 3.70. The fraction of sp³-hybridized carbons (Fsp3) is 1.00. The minimum absolute atomic E-state index is 0.0152. The van der Waals surface area contributed by atoms with Gasteiger partial charge in [0.15, 0.2) is 8.03 Å². The Morgan fingerprint density at radius 1 is 1.73 bits per heavy atom. The first-order chi connectivity index (χ1) is 5.15. The Hall–Kier alpha value is 0.150. The molecule has 1 aliphatic heterocycles. The van der Waals surface area contributed by atoms with Crippen LogP contribution < -0.4 is 0 Å². The number of hydrogen-bond acceptors (Lipinski definition) is 2. The van der Waals surface area contributed by atoms with Gasteiger partial charge < -0.3 is 9.63 Å². The lowest BCUT2D eigenvalue weighted by Gasteiger charge is -2.12. The highest BCUT2D eigenvalue weighted by molar-refractivity contribution is 7.39. The van der Waals surface area contributed by atoms with E-state index in [1.54, 1.807) is 0 Å². The summed E-state index contributed by atoms with van der Waals surface area (Å²) in [6.45, 7) is 3.94. The Morgan fingerprint density at radius 2 is 2.36 bits per heavy atom. The van der Waals surface area contributed by atoms with Crippen LogP contribution >= 0.6 is 8.03 Å². The van der Waals surface area contributed by atoms with Crippen LogP contribution in [0.15, 0.2) is 0 Å². The van der Waals surface area contributed by atoms with E-state index < -0.39 is 8.03 Å². The van der Waals surface area contributed by atoms with Gasteiger partial charge in [0.05, 0.1) is 17.9 Å². The van der Waals surface area contributed by atoms with Gasteiger partial charge in [-0.3, -0.25) is 4.57 Å². The van der Waals surface area contributed by atoms with E-state index in [4.69, 9.17) is 9.63 Å². The maximum atomic E-state index is 10.8.